The molecule has 0 unspecified atom stereocenters. The zero-order valence-electron chi connectivity index (χ0n) is 10.7. The zero-order valence-corrected chi connectivity index (χ0v) is 11.4. The molecule has 0 bridgehead atoms. The minimum atomic E-state index is 0.450. The van der Waals surface area contributed by atoms with E-state index in [-0.39, 0.29) is 0 Å². The predicted molar refractivity (Wildman–Crippen MR) is 76.7 cm³/mol. The van der Waals surface area contributed by atoms with E-state index in [9.17, 15) is 0 Å². The van der Waals surface area contributed by atoms with E-state index in [1.54, 1.807) is 12.4 Å². The number of hydrogen-bond donors (Lipinski definition) is 1. The van der Waals surface area contributed by atoms with Gasteiger partial charge in [-0.1, -0.05) is 31.5 Å². The highest BCUT2D eigenvalue weighted by molar-refractivity contribution is 6.31. The second kappa shape index (κ2) is 5.98. The molecule has 1 aromatic heterocycles. The standard InChI is InChI=1S/C15H17ClN2/c1-11(2)18-10-14-9-13(3-4-15(14)16)12-5-7-17-8-6-12/h3-9,11,18H,10H2,1-2H3. The highest BCUT2D eigenvalue weighted by Crippen LogP contribution is 2.24. The lowest BCUT2D eigenvalue weighted by Crippen LogP contribution is -2.21. The minimum Gasteiger partial charge on any atom is -0.310 e. The molecular weight excluding hydrogens is 244 g/mol. The maximum Gasteiger partial charge on any atom is 0.0451 e. The third-order valence-corrected chi connectivity index (χ3v) is 3.13. The van der Waals surface area contributed by atoms with Crippen molar-refractivity contribution in [3.8, 4) is 11.1 Å². The van der Waals surface area contributed by atoms with Crippen LogP contribution in [0.5, 0.6) is 0 Å². The van der Waals surface area contributed by atoms with Crippen molar-refractivity contribution in [2.24, 2.45) is 0 Å². The monoisotopic (exact) mass is 260 g/mol. The summed E-state index contributed by atoms with van der Waals surface area (Å²) in [6.45, 7) is 5.04. The van der Waals surface area contributed by atoms with Crippen LogP contribution < -0.4 is 5.32 Å². The number of nitrogens with zero attached hydrogens (tertiary/aromatic N) is 1. The number of rotatable bonds is 4. The van der Waals surface area contributed by atoms with Crippen LogP contribution in [0.3, 0.4) is 0 Å². The second-order valence-corrected chi connectivity index (χ2v) is 4.98. The molecule has 2 nitrogen and oxygen atoms in total. The maximum atomic E-state index is 6.21. The van der Waals surface area contributed by atoms with Crippen LogP contribution >= 0.6 is 11.6 Å². The molecule has 94 valence electrons. The van der Waals surface area contributed by atoms with Crippen LogP contribution in [0.4, 0.5) is 0 Å². The van der Waals surface area contributed by atoms with Crippen LogP contribution in [-0.4, -0.2) is 11.0 Å². The molecule has 0 fully saturated rings. The van der Waals surface area contributed by atoms with Crippen molar-refractivity contribution in [3.05, 3.63) is 53.3 Å². The van der Waals surface area contributed by atoms with E-state index in [2.05, 4.69) is 30.2 Å². The van der Waals surface area contributed by atoms with Gasteiger partial charge in [0.15, 0.2) is 0 Å². The second-order valence-electron chi connectivity index (χ2n) is 4.58. The van der Waals surface area contributed by atoms with Crippen LogP contribution in [0, 0.1) is 0 Å². The molecule has 0 amide bonds. The number of aromatic nitrogens is 1. The molecule has 18 heavy (non-hydrogen) atoms. The first-order valence-corrected chi connectivity index (χ1v) is 6.47. The Labute approximate surface area is 113 Å². The molecule has 0 aliphatic carbocycles. The third kappa shape index (κ3) is 3.31. The van der Waals surface area contributed by atoms with Crippen LogP contribution in [0.1, 0.15) is 19.4 Å². The summed E-state index contributed by atoms with van der Waals surface area (Å²) in [5.41, 5.74) is 3.45. The molecule has 0 spiro atoms. The Hall–Kier alpha value is -1.38. The first kappa shape index (κ1) is 13.1. The minimum absolute atomic E-state index is 0.450. The average molecular weight is 261 g/mol. The van der Waals surface area contributed by atoms with E-state index < -0.39 is 0 Å². The number of nitrogens with one attached hydrogen (secondary N) is 1. The Balaban J connectivity index is 2.26. The van der Waals surface area contributed by atoms with E-state index in [0.717, 1.165) is 22.7 Å². The summed E-state index contributed by atoms with van der Waals surface area (Å²) in [7, 11) is 0. The first-order chi connectivity index (χ1) is 8.66. The fraction of sp³-hybridized carbons (Fsp3) is 0.267. The lowest BCUT2D eigenvalue weighted by molar-refractivity contribution is 0.589. The molecule has 1 aromatic carbocycles. The molecule has 1 N–H and O–H groups in total. The Kier molecular flexibility index (Phi) is 4.34. The van der Waals surface area contributed by atoms with Gasteiger partial charge < -0.3 is 5.32 Å². The Morgan fingerprint density at radius 3 is 2.50 bits per heavy atom. The summed E-state index contributed by atoms with van der Waals surface area (Å²) < 4.78 is 0. The van der Waals surface area contributed by atoms with Gasteiger partial charge in [0.2, 0.25) is 0 Å². The van der Waals surface area contributed by atoms with E-state index in [4.69, 9.17) is 11.6 Å². The maximum absolute atomic E-state index is 6.21. The molecule has 1 heterocycles. The fourth-order valence-electron chi connectivity index (χ4n) is 1.75. The van der Waals surface area contributed by atoms with Crippen molar-refractivity contribution in [2.75, 3.05) is 0 Å². The SMILES string of the molecule is CC(C)NCc1cc(-c2ccncc2)ccc1Cl. The topological polar surface area (TPSA) is 24.9 Å². The number of hydrogen-bond acceptors (Lipinski definition) is 2. The Morgan fingerprint density at radius 1 is 1.11 bits per heavy atom. The molecule has 0 radical (unpaired) electrons. The molecule has 2 rings (SSSR count). The van der Waals surface area contributed by atoms with Crippen LogP contribution in [0.25, 0.3) is 11.1 Å². The number of pyridine rings is 1. The fourth-order valence-corrected chi connectivity index (χ4v) is 1.93. The summed E-state index contributed by atoms with van der Waals surface area (Å²) in [4.78, 5) is 4.03. The van der Waals surface area contributed by atoms with Gasteiger partial charge in [0.25, 0.3) is 0 Å². The molecule has 3 heteroatoms. The molecule has 0 aliphatic heterocycles. The van der Waals surface area contributed by atoms with E-state index in [1.807, 2.05) is 24.3 Å². The average Bonchev–Trinajstić information content (AvgIpc) is 2.38. The van der Waals surface area contributed by atoms with Crippen LogP contribution in [0.15, 0.2) is 42.7 Å². The summed E-state index contributed by atoms with van der Waals surface area (Å²) in [6.07, 6.45) is 3.60. The first-order valence-electron chi connectivity index (χ1n) is 6.09. The van der Waals surface area contributed by atoms with Crippen molar-refractivity contribution in [1.82, 2.24) is 10.3 Å². The van der Waals surface area contributed by atoms with Crippen molar-refractivity contribution in [1.29, 1.82) is 0 Å². The van der Waals surface area contributed by atoms with Gasteiger partial charge in [-0.05, 0) is 41.0 Å². The number of benzene rings is 1. The smallest absolute Gasteiger partial charge is 0.0451 e. The zero-order chi connectivity index (χ0) is 13.0. The van der Waals surface area contributed by atoms with Crippen LogP contribution in [0.2, 0.25) is 5.02 Å². The van der Waals surface area contributed by atoms with Gasteiger partial charge >= 0.3 is 0 Å². The molecular formula is C15H17ClN2. The van der Waals surface area contributed by atoms with Gasteiger partial charge in [0.05, 0.1) is 0 Å². The molecule has 2 aromatic rings. The third-order valence-electron chi connectivity index (χ3n) is 2.76. The summed E-state index contributed by atoms with van der Waals surface area (Å²) in [5.74, 6) is 0. The highest BCUT2D eigenvalue weighted by Gasteiger charge is 2.04. The summed E-state index contributed by atoms with van der Waals surface area (Å²) >= 11 is 6.21. The van der Waals surface area contributed by atoms with E-state index in [0.29, 0.717) is 6.04 Å². The van der Waals surface area contributed by atoms with Gasteiger partial charge in [-0.25, -0.2) is 0 Å². The largest absolute Gasteiger partial charge is 0.310 e. The van der Waals surface area contributed by atoms with Crippen molar-refractivity contribution in [3.63, 3.8) is 0 Å². The summed E-state index contributed by atoms with van der Waals surface area (Å²) in [6, 6.07) is 10.6. The van der Waals surface area contributed by atoms with Gasteiger partial charge in [-0.3, -0.25) is 4.98 Å². The van der Waals surface area contributed by atoms with E-state index in [1.165, 1.54) is 5.56 Å². The Morgan fingerprint density at radius 2 is 1.83 bits per heavy atom. The van der Waals surface area contributed by atoms with Crippen molar-refractivity contribution in [2.45, 2.75) is 26.4 Å². The highest BCUT2D eigenvalue weighted by atomic mass is 35.5. The van der Waals surface area contributed by atoms with Gasteiger partial charge in [-0.15, -0.1) is 0 Å². The van der Waals surface area contributed by atoms with Gasteiger partial charge in [0, 0.05) is 30.0 Å². The summed E-state index contributed by atoms with van der Waals surface area (Å²) in [5, 5.41) is 4.19. The lowest BCUT2D eigenvalue weighted by atomic mass is 10.0. The number of halogens is 1. The quantitative estimate of drug-likeness (QED) is 0.902. The molecule has 0 saturated carbocycles. The normalized spacial score (nSPS) is 10.9. The van der Waals surface area contributed by atoms with E-state index >= 15 is 0 Å². The molecule has 0 saturated heterocycles. The van der Waals surface area contributed by atoms with Crippen molar-refractivity contribution < 1.29 is 0 Å². The Bertz CT molecular complexity index is 509. The van der Waals surface area contributed by atoms with Gasteiger partial charge in [-0.2, -0.15) is 0 Å². The van der Waals surface area contributed by atoms with Gasteiger partial charge in [0.1, 0.15) is 0 Å². The van der Waals surface area contributed by atoms with Crippen LogP contribution in [-0.2, 0) is 6.54 Å². The molecule has 0 aliphatic rings. The lowest BCUT2D eigenvalue weighted by Gasteiger charge is -2.11. The molecule has 0 atom stereocenters. The predicted octanol–water partition coefficient (Wildman–Crippen LogP) is 3.90. The van der Waals surface area contributed by atoms with Crippen molar-refractivity contribution >= 4 is 11.6 Å².